The van der Waals surface area contributed by atoms with Crippen molar-refractivity contribution in [2.24, 2.45) is 0 Å². The number of nitrogens with one attached hydrogen (secondary N) is 2. The third-order valence-electron chi connectivity index (χ3n) is 8.39. The Morgan fingerprint density at radius 3 is 2.35 bits per heavy atom. The second kappa shape index (κ2) is 13.0. The number of ether oxygens (including phenoxy) is 2. The molecule has 46 heavy (non-hydrogen) atoms. The van der Waals surface area contributed by atoms with Gasteiger partial charge in [-0.2, -0.15) is 0 Å². The van der Waals surface area contributed by atoms with E-state index in [1.165, 1.54) is 0 Å². The number of ketones is 1. The van der Waals surface area contributed by atoms with Crippen molar-refractivity contribution in [1.29, 1.82) is 0 Å². The highest BCUT2D eigenvalue weighted by molar-refractivity contribution is 6.30. The van der Waals surface area contributed by atoms with Gasteiger partial charge in [-0.15, -0.1) is 0 Å². The molecular weight excluding hydrogens is 596 g/mol. The molecule has 7 rings (SSSR count). The molecule has 0 saturated carbocycles. The number of carbonyl (C=O) groups is 2. The Kier molecular flexibility index (Phi) is 8.28. The predicted molar refractivity (Wildman–Crippen MR) is 181 cm³/mol. The molecule has 0 spiro atoms. The summed E-state index contributed by atoms with van der Waals surface area (Å²) in [6.45, 7) is 0.447. The number of para-hydroxylation sites is 3. The number of hydrogen-bond acceptors (Lipinski definition) is 6. The van der Waals surface area contributed by atoms with Crippen LogP contribution in [0.3, 0.4) is 0 Å². The second-order valence-electron chi connectivity index (χ2n) is 11.4. The van der Waals surface area contributed by atoms with E-state index in [-0.39, 0.29) is 11.7 Å². The zero-order chi connectivity index (χ0) is 31.5. The van der Waals surface area contributed by atoms with E-state index in [0.29, 0.717) is 41.4 Å². The van der Waals surface area contributed by atoms with Crippen molar-refractivity contribution in [1.82, 2.24) is 0 Å². The van der Waals surface area contributed by atoms with Crippen molar-refractivity contribution in [2.75, 3.05) is 10.6 Å². The van der Waals surface area contributed by atoms with Crippen LogP contribution in [0.2, 0.25) is 5.02 Å². The van der Waals surface area contributed by atoms with Crippen LogP contribution in [0.25, 0.3) is 0 Å². The first-order chi connectivity index (χ1) is 22.5. The number of benzene rings is 5. The molecule has 0 bridgehead atoms. The van der Waals surface area contributed by atoms with Gasteiger partial charge in [-0.25, -0.2) is 4.79 Å². The highest BCUT2D eigenvalue weighted by atomic mass is 35.5. The fraction of sp³-hybridized carbons (Fsp3) is 0.128. The molecule has 0 unspecified atom stereocenters. The minimum absolute atomic E-state index is 0.0467. The van der Waals surface area contributed by atoms with Gasteiger partial charge in [0, 0.05) is 28.6 Å². The molecule has 1 aliphatic carbocycles. The van der Waals surface area contributed by atoms with Gasteiger partial charge in [0.25, 0.3) is 0 Å². The summed E-state index contributed by atoms with van der Waals surface area (Å²) in [5.41, 5.74) is 6.61. The van der Waals surface area contributed by atoms with E-state index in [0.717, 1.165) is 39.5 Å². The highest BCUT2D eigenvalue weighted by Gasteiger charge is 2.37. The topological polar surface area (TPSA) is 76.7 Å². The average Bonchev–Trinajstić information content (AvgIpc) is 3.25. The molecule has 1 aliphatic heterocycles. The second-order valence-corrected chi connectivity index (χ2v) is 11.9. The Morgan fingerprint density at radius 1 is 0.783 bits per heavy atom. The van der Waals surface area contributed by atoms with Crippen molar-refractivity contribution >= 4 is 34.7 Å². The quantitative estimate of drug-likeness (QED) is 0.139. The molecule has 1 heterocycles. The maximum Gasteiger partial charge on any atom is 0.343 e. The van der Waals surface area contributed by atoms with Gasteiger partial charge in [0.2, 0.25) is 0 Å². The van der Waals surface area contributed by atoms with E-state index in [1.54, 1.807) is 30.3 Å². The van der Waals surface area contributed by atoms with Crippen LogP contribution >= 0.6 is 11.6 Å². The number of Topliss-reactive ketones (excluding diaryl/α,β-unsaturated/α-hetero) is 1. The lowest BCUT2D eigenvalue weighted by Crippen LogP contribution is -2.27. The number of carbonyl (C=O) groups excluding carboxylic acids is 2. The Morgan fingerprint density at radius 2 is 1.52 bits per heavy atom. The van der Waals surface area contributed by atoms with Crippen LogP contribution in [0.5, 0.6) is 11.5 Å². The van der Waals surface area contributed by atoms with Gasteiger partial charge in [-0.3, -0.25) is 4.79 Å². The molecule has 0 amide bonds. The first-order valence-corrected chi connectivity index (χ1v) is 15.6. The smallest absolute Gasteiger partial charge is 0.343 e. The fourth-order valence-electron chi connectivity index (χ4n) is 6.16. The molecule has 2 N–H and O–H groups in total. The minimum Gasteiger partial charge on any atom is -0.489 e. The highest BCUT2D eigenvalue weighted by Crippen LogP contribution is 2.46. The predicted octanol–water partition coefficient (Wildman–Crippen LogP) is 9.12. The molecule has 7 heteroatoms. The summed E-state index contributed by atoms with van der Waals surface area (Å²) >= 11 is 5.99. The zero-order valence-electron chi connectivity index (χ0n) is 24.9. The number of anilines is 2. The molecule has 5 aromatic rings. The van der Waals surface area contributed by atoms with E-state index >= 15 is 0 Å². The van der Waals surface area contributed by atoms with Crippen LogP contribution in [-0.4, -0.2) is 11.8 Å². The summed E-state index contributed by atoms with van der Waals surface area (Å²) in [6, 6.07) is 39.4. The van der Waals surface area contributed by atoms with E-state index in [9.17, 15) is 9.59 Å². The van der Waals surface area contributed by atoms with Gasteiger partial charge in [-0.1, -0.05) is 84.4 Å². The lowest BCUT2D eigenvalue weighted by Gasteiger charge is -2.30. The third-order valence-corrected chi connectivity index (χ3v) is 8.64. The molecule has 2 atom stereocenters. The van der Waals surface area contributed by atoms with Gasteiger partial charge in [-0.05, 0) is 77.7 Å². The monoisotopic (exact) mass is 626 g/mol. The van der Waals surface area contributed by atoms with Crippen molar-refractivity contribution in [3.05, 3.63) is 166 Å². The van der Waals surface area contributed by atoms with Crippen LogP contribution in [0.15, 0.2) is 139 Å². The maximum atomic E-state index is 14.2. The molecule has 0 saturated heterocycles. The van der Waals surface area contributed by atoms with Crippen molar-refractivity contribution in [3.8, 4) is 11.5 Å². The number of fused-ring (bicyclic) bond motifs is 1. The fourth-order valence-corrected chi connectivity index (χ4v) is 6.28. The summed E-state index contributed by atoms with van der Waals surface area (Å²) in [7, 11) is 0. The van der Waals surface area contributed by atoms with Crippen LogP contribution < -0.4 is 20.1 Å². The Bertz CT molecular complexity index is 1940. The van der Waals surface area contributed by atoms with Crippen LogP contribution in [-0.2, 0) is 11.4 Å². The molecular formula is C39H31ClN2O4. The summed E-state index contributed by atoms with van der Waals surface area (Å²) in [4.78, 5) is 27.1. The standard InChI is InChI=1S/C39H31ClN2O4/c40-29-19-17-26(18-20-29)39(44)46-30-12-8-11-27(21-30)38-37-34(41-32-14-5-6-15-33(32)42-38)22-28(23-35(37)43)31-13-4-7-16-36(31)45-24-25-9-2-1-3-10-25/h1-21,28,38,41-42H,22-24H2/t28-,38-/m0/s1. The van der Waals surface area contributed by atoms with Gasteiger partial charge in [0.1, 0.15) is 18.1 Å². The van der Waals surface area contributed by atoms with Gasteiger partial charge in [0.05, 0.1) is 23.0 Å². The molecule has 228 valence electrons. The summed E-state index contributed by atoms with van der Waals surface area (Å²) < 4.78 is 12.0. The average molecular weight is 627 g/mol. The number of allylic oxidation sites excluding steroid dienone is 1. The van der Waals surface area contributed by atoms with Gasteiger partial charge < -0.3 is 20.1 Å². The van der Waals surface area contributed by atoms with Crippen molar-refractivity contribution in [2.45, 2.75) is 31.4 Å². The van der Waals surface area contributed by atoms with Gasteiger partial charge in [0.15, 0.2) is 5.78 Å². The van der Waals surface area contributed by atoms with Crippen molar-refractivity contribution < 1.29 is 19.1 Å². The largest absolute Gasteiger partial charge is 0.489 e. The molecule has 0 aromatic heterocycles. The number of hydrogen-bond donors (Lipinski definition) is 2. The minimum atomic E-state index is -0.487. The maximum absolute atomic E-state index is 14.2. The Balaban J connectivity index is 1.20. The first-order valence-electron chi connectivity index (χ1n) is 15.2. The van der Waals surface area contributed by atoms with E-state index in [4.69, 9.17) is 21.1 Å². The van der Waals surface area contributed by atoms with E-state index in [1.807, 2.05) is 91.0 Å². The molecule has 5 aromatic carbocycles. The van der Waals surface area contributed by atoms with Crippen molar-refractivity contribution in [3.63, 3.8) is 0 Å². The third kappa shape index (κ3) is 6.25. The van der Waals surface area contributed by atoms with Crippen LogP contribution in [0, 0.1) is 0 Å². The molecule has 2 aliphatic rings. The first kappa shape index (κ1) is 29.4. The number of halogens is 1. The van der Waals surface area contributed by atoms with E-state index < -0.39 is 12.0 Å². The molecule has 0 fully saturated rings. The number of esters is 1. The lowest BCUT2D eigenvalue weighted by molar-refractivity contribution is -0.116. The SMILES string of the molecule is O=C1C[C@@H](c2ccccc2OCc2ccccc2)CC2=C1[C@H](c1cccc(OC(=O)c3ccc(Cl)cc3)c1)Nc1ccccc1N2. The summed E-state index contributed by atoms with van der Waals surface area (Å²) in [5, 5.41) is 7.75. The Labute approximate surface area is 272 Å². The molecule has 6 nitrogen and oxygen atoms in total. The Hall–Kier alpha value is -5.33. The lowest BCUT2D eigenvalue weighted by atomic mass is 9.78. The zero-order valence-corrected chi connectivity index (χ0v) is 25.7. The normalized spacial score (nSPS) is 17.1. The van der Waals surface area contributed by atoms with Gasteiger partial charge >= 0.3 is 5.97 Å². The summed E-state index contributed by atoms with van der Waals surface area (Å²) in [6.07, 6.45) is 0.969. The van der Waals surface area contributed by atoms with Crippen LogP contribution in [0.1, 0.15) is 51.8 Å². The van der Waals surface area contributed by atoms with Crippen LogP contribution in [0.4, 0.5) is 11.4 Å². The number of rotatable bonds is 7. The van der Waals surface area contributed by atoms with E-state index in [2.05, 4.69) is 16.7 Å². The molecule has 0 radical (unpaired) electrons. The summed E-state index contributed by atoms with van der Waals surface area (Å²) in [5.74, 6) is 0.665.